The molecule has 0 bridgehead atoms. The Morgan fingerprint density at radius 1 is 0.194 bits per heavy atom. The van der Waals surface area contributed by atoms with E-state index >= 15 is 0 Å². The van der Waals surface area contributed by atoms with E-state index in [-0.39, 0.29) is 0 Å². The van der Waals surface area contributed by atoms with Gasteiger partial charge in [-0.3, -0.25) is 113 Å². The summed E-state index contributed by atoms with van der Waals surface area (Å²) in [4.78, 5) is 135. The highest BCUT2D eigenvalue weighted by molar-refractivity contribution is 7.50. The number of hydrogen-bond donors (Lipinski definition) is 19. The van der Waals surface area contributed by atoms with Gasteiger partial charge in [0.25, 0.3) is 0 Å². The SMILES string of the molecule is O=P(O)(O)OCC(CNF)COP(=O)(O)OCCOP(=O)(O)OCCOP(=O)(O)OCCOP(=O)(O)OCCOP(=O)(O)OCCOP(=O)(O)OCCOP(=O)(O)OCCOP(=O)(O)OCC(CNF)COP(=O)(O)OCCOP(=O)(O)OCC(CNF)COP(=O)(O)OCCOP(=O)(O)OCC(CO)CNF. The van der Waals surface area contributed by atoms with Gasteiger partial charge in [0.05, 0.1) is 165 Å². The Labute approximate surface area is 607 Å². The molecule has 650 valence electrons. The number of phosphoric ester groups is 13. The normalized spacial score (nSPS) is 20.4. The molecule has 0 aliphatic heterocycles. The minimum absolute atomic E-state index is 0.443. The van der Waals surface area contributed by atoms with E-state index in [1.807, 2.05) is 0 Å². The quantitative estimate of drug-likeness (QED) is 0.0175. The van der Waals surface area contributed by atoms with Crippen molar-refractivity contribution in [3.8, 4) is 0 Å². The van der Waals surface area contributed by atoms with Gasteiger partial charge in [-0.05, 0) is 0 Å². The molecule has 108 heavy (non-hydrogen) atoms. The second-order valence-corrected chi connectivity index (χ2v) is 37.9. The van der Waals surface area contributed by atoms with Gasteiger partial charge in [-0.25, -0.2) is 59.3 Å². The van der Waals surface area contributed by atoms with Crippen LogP contribution in [-0.4, -0.2) is 272 Å². The summed E-state index contributed by atoms with van der Waals surface area (Å²) >= 11 is 0. The fourth-order valence-electron chi connectivity index (χ4n) is 5.71. The molecule has 16 atom stereocenters. The van der Waals surface area contributed by atoms with E-state index in [2.05, 4.69) is 113 Å². The lowest BCUT2D eigenvalue weighted by atomic mass is 10.2. The van der Waals surface area contributed by atoms with Gasteiger partial charge in [0.15, 0.2) is 0 Å². The van der Waals surface area contributed by atoms with Crippen LogP contribution in [0.5, 0.6) is 0 Å². The molecule has 0 heterocycles. The third kappa shape index (κ3) is 63.1. The van der Waals surface area contributed by atoms with Gasteiger partial charge in [-0.1, -0.05) is 0 Å². The number of hydrogen-bond acceptors (Lipinski definition) is 43. The number of halogens is 4. The molecule has 0 rings (SSSR count). The number of rotatable bonds is 75. The molecule has 16 unspecified atom stereocenters. The first-order valence-electron chi connectivity index (χ1n) is 28.8. The molecule has 0 aromatic rings. The van der Waals surface area contributed by atoms with Gasteiger partial charge in [0.2, 0.25) is 0 Å². The van der Waals surface area contributed by atoms with E-state index in [9.17, 15) is 136 Å². The molecule has 0 saturated heterocycles. The molecule has 0 radical (unpaired) electrons. The Bertz CT molecular complexity index is 3180. The maximum Gasteiger partial charge on any atom is 0.472 e. The van der Waals surface area contributed by atoms with Crippen LogP contribution < -0.4 is 22.2 Å². The lowest BCUT2D eigenvalue weighted by Gasteiger charge is -2.20. The van der Waals surface area contributed by atoms with Crippen molar-refractivity contribution in [3.63, 3.8) is 0 Å². The topological polar surface area (TPSA) is 804 Å². The van der Waals surface area contributed by atoms with Crippen molar-refractivity contribution in [2.24, 2.45) is 23.7 Å². The molecule has 0 aromatic carbocycles. The van der Waals surface area contributed by atoms with Crippen LogP contribution in [0.3, 0.4) is 0 Å². The van der Waals surface area contributed by atoms with Crippen LogP contribution in [0.15, 0.2) is 0 Å². The Hall–Kier alpha value is 0.950. The fourth-order valence-corrected chi connectivity index (χ4v) is 14.9. The van der Waals surface area contributed by atoms with Gasteiger partial charge in [0.1, 0.15) is 0 Å². The van der Waals surface area contributed by atoms with Crippen molar-refractivity contribution in [2.45, 2.75) is 0 Å². The molecule has 0 amide bonds. The average Bonchev–Trinajstić information content (AvgIpc) is 0.840. The maximum atomic E-state index is 13.0. The minimum atomic E-state index is -5.15. The summed E-state index contributed by atoms with van der Waals surface area (Å²) in [6.07, 6.45) is 0. The van der Waals surface area contributed by atoms with Crippen LogP contribution in [0.2, 0.25) is 0 Å². The molecular weight excluding hydrogens is 1790 g/mol. The Morgan fingerprint density at radius 2 is 0.306 bits per heavy atom. The highest BCUT2D eigenvalue weighted by atomic mass is 31.2. The zero-order chi connectivity index (χ0) is 82.5. The molecule has 0 aliphatic rings. The predicted octanol–water partition coefficient (Wildman–Crippen LogP) is 1.05. The monoisotopic (exact) mass is 1870 g/mol. The summed E-state index contributed by atoms with van der Waals surface area (Å²) in [6.45, 7) is -26.6. The number of phosphoric acid groups is 13. The van der Waals surface area contributed by atoms with E-state index in [0.29, 0.717) is 0 Å². The summed E-state index contributed by atoms with van der Waals surface area (Å²) in [7, 11) is -65.5. The van der Waals surface area contributed by atoms with Gasteiger partial charge < -0.3 is 73.6 Å². The Balaban J connectivity index is 4.53. The van der Waals surface area contributed by atoms with Crippen LogP contribution in [-0.2, 0) is 172 Å². The smallest absolute Gasteiger partial charge is 0.396 e. The Morgan fingerprint density at radius 3 is 0.426 bits per heavy atom. The van der Waals surface area contributed by atoms with Crippen molar-refractivity contribution in [1.82, 2.24) is 22.2 Å². The van der Waals surface area contributed by atoms with Gasteiger partial charge in [-0.2, -0.15) is 22.2 Å². The predicted molar refractivity (Wildman–Crippen MR) is 336 cm³/mol. The zero-order valence-electron chi connectivity index (χ0n) is 55.1. The second-order valence-electron chi connectivity index (χ2n) is 19.2. The van der Waals surface area contributed by atoms with Crippen LogP contribution >= 0.6 is 102 Å². The summed E-state index contributed by atoms with van der Waals surface area (Å²) in [6, 6.07) is 0. The fraction of sp³-hybridized carbons (Fsp3) is 1.00. The van der Waals surface area contributed by atoms with E-state index in [0.717, 1.165) is 16.6 Å². The molecule has 0 saturated carbocycles. The third-order valence-electron chi connectivity index (χ3n) is 10.4. The summed E-state index contributed by atoms with van der Waals surface area (Å²) in [5, 5.41) is 9.06. The van der Waals surface area contributed by atoms with E-state index in [4.69, 9.17) is 14.9 Å². The molecule has 0 aliphatic carbocycles. The van der Waals surface area contributed by atoms with Crippen LogP contribution in [0.4, 0.5) is 17.9 Å². The largest absolute Gasteiger partial charge is 0.472 e. The molecule has 57 nitrogen and oxygen atoms in total. The third-order valence-corrected chi connectivity index (χ3v) is 22.9. The maximum absolute atomic E-state index is 13.0. The molecule has 74 heteroatoms. The van der Waals surface area contributed by atoms with Gasteiger partial charge in [-0.15, -0.1) is 17.9 Å². The molecular formula is C34H83F4N4O53P13. The van der Waals surface area contributed by atoms with E-state index in [1.54, 1.807) is 0 Å². The van der Waals surface area contributed by atoms with Gasteiger partial charge >= 0.3 is 102 Å². The lowest BCUT2D eigenvalue weighted by molar-refractivity contribution is 0.0620. The van der Waals surface area contributed by atoms with Crippen molar-refractivity contribution in [2.75, 3.05) is 198 Å². The first-order valence-corrected chi connectivity index (χ1v) is 48.3. The molecule has 0 fully saturated rings. The van der Waals surface area contributed by atoms with E-state index in [1.165, 1.54) is 5.54 Å². The highest BCUT2D eigenvalue weighted by Crippen LogP contribution is 2.53. The standard InChI is InChI=1S/C34H83F4N4O53P13/c35-39-19-31(23-43)24-90-103(59,60)83-15-16-86-106(65,66)93-29-34(22-42-38)30-95-108(69,70)88-18-17-87-107(67,68)94-28-33(21-41-37)27-92-105(63,64)85-14-12-82-102(57,58)80-10-8-78-100(53,54)76-6-4-74-98(49,50)72-2-1-71-97(47,48)73-3-5-75-99(51,52)77-7-9-79-101(55,56)81-11-13-84-104(61,62)91-26-32(20-40-36)25-89-96(44,45)46/h31-34,39-43H,1-30H2,(H,47,48)(H,49,50)(H,51,52)(H,53,54)(H,55,56)(H,57,58)(H,59,60)(H,61,62)(H,63,64)(H,65,66)(H,67,68)(H,69,70)(H2,44,45,46). The van der Waals surface area contributed by atoms with Crippen LogP contribution in [0.1, 0.15) is 0 Å². The number of aliphatic hydroxyl groups is 1. The van der Waals surface area contributed by atoms with E-state index < -0.39 is 323 Å². The molecule has 0 aromatic heterocycles. The first-order chi connectivity index (χ1) is 49.8. The van der Waals surface area contributed by atoms with Crippen LogP contribution in [0, 0.1) is 23.7 Å². The van der Waals surface area contributed by atoms with Crippen molar-refractivity contribution < 1.29 is 264 Å². The van der Waals surface area contributed by atoms with Crippen molar-refractivity contribution in [3.05, 3.63) is 0 Å². The minimum Gasteiger partial charge on any atom is -0.396 e. The lowest BCUT2D eigenvalue weighted by Crippen LogP contribution is -2.25. The Kier molecular flexibility index (Phi) is 55.4. The van der Waals surface area contributed by atoms with Gasteiger partial charge in [0, 0.05) is 56.5 Å². The van der Waals surface area contributed by atoms with Crippen molar-refractivity contribution in [1.29, 1.82) is 0 Å². The number of nitrogens with one attached hydrogen (secondary N) is 4. The van der Waals surface area contributed by atoms with Crippen molar-refractivity contribution >= 4 is 102 Å². The highest BCUT2D eigenvalue weighted by Gasteiger charge is 2.35. The summed E-state index contributed by atoms with van der Waals surface area (Å²) < 4.78 is 320. The van der Waals surface area contributed by atoms with Crippen LogP contribution in [0.25, 0.3) is 0 Å². The summed E-state index contributed by atoms with van der Waals surface area (Å²) in [5.74, 6) is -4.91. The number of aliphatic hydroxyl groups excluding tert-OH is 1. The second kappa shape index (κ2) is 54.9. The summed E-state index contributed by atoms with van der Waals surface area (Å²) in [5.41, 5.74) is 4.61. The molecule has 0 spiro atoms. The average molecular weight is 1870 g/mol. The zero-order valence-corrected chi connectivity index (χ0v) is 66.7. The molecule has 19 N–H and O–H groups in total. The first kappa shape index (κ1) is 109.